The van der Waals surface area contributed by atoms with Crippen molar-refractivity contribution in [3.63, 3.8) is 0 Å². The molecule has 0 atom stereocenters. The molecule has 0 radical (unpaired) electrons. The molecule has 2 aromatic carbocycles. The van der Waals surface area contributed by atoms with E-state index in [4.69, 9.17) is 13.7 Å². The Bertz CT molecular complexity index is 894. The minimum Gasteiger partial charge on any atom is -0.494 e. The first-order valence-corrected chi connectivity index (χ1v) is 11.6. The van der Waals surface area contributed by atoms with E-state index in [1.807, 2.05) is 0 Å². The molecule has 0 saturated heterocycles. The Kier molecular flexibility index (Phi) is 9.14. The van der Waals surface area contributed by atoms with Crippen molar-refractivity contribution in [2.24, 2.45) is 0 Å². The molecule has 0 saturated carbocycles. The van der Waals surface area contributed by atoms with E-state index >= 15 is 0 Å². The molecule has 0 spiro atoms. The SMILES string of the molecule is CCCCOc1ccc(C(=O)N(CCOC)Cc2ccc(OS(C)(=O)=O)cc2)cc1. The molecule has 0 fully saturated rings. The van der Waals surface area contributed by atoms with Gasteiger partial charge < -0.3 is 18.6 Å². The molecule has 1 amide bonds. The van der Waals surface area contributed by atoms with E-state index in [2.05, 4.69) is 6.92 Å². The van der Waals surface area contributed by atoms with Crippen LogP contribution >= 0.6 is 0 Å². The fourth-order valence-corrected chi connectivity index (χ4v) is 3.17. The number of carbonyl (C=O) groups is 1. The van der Waals surface area contributed by atoms with Gasteiger partial charge in [-0.1, -0.05) is 25.5 Å². The van der Waals surface area contributed by atoms with Crippen LogP contribution in [0.1, 0.15) is 35.7 Å². The summed E-state index contributed by atoms with van der Waals surface area (Å²) in [6.45, 7) is 3.94. The maximum Gasteiger partial charge on any atom is 0.306 e. The molecule has 0 heterocycles. The van der Waals surface area contributed by atoms with Gasteiger partial charge in [-0.2, -0.15) is 8.42 Å². The molecule has 0 unspecified atom stereocenters. The average Bonchev–Trinajstić information content (AvgIpc) is 2.71. The van der Waals surface area contributed by atoms with Crippen LogP contribution in [0.5, 0.6) is 11.5 Å². The van der Waals surface area contributed by atoms with Crippen molar-refractivity contribution in [2.75, 3.05) is 33.1 Å². The van der Waals surface area contributed by atoms with Crippen molar-refractivity contribution in [2.45, 2.75) is 26.3 Å². The Balaban J connectivity index is 2.07. The normalized spacial score (nSPS) is 11.2. The Labute approximate surface area is 178 Å². The van der Waals surface area contributed by atoms with Crippen LogP contribution in [-0.4, -0.2) is 52.3 Å². The third-order valence-corrected chi connectivity index (χ3v) is 4.76. The monoisotopic (exact) mass is 435 g/mol. The first-order valence-electron chi connectivity index (χ1n) is 9.82. The van der Waals surface area contributed by atoms with Gasteiger partial charge in [-0.15, -0.1) is 0 Å². The van der Waals surface area contributed by atoms with Gasteiger partial charge >= 0.3 is 10.1 Å². The molecule has 8 heteroatoms. The lowest BCUT2D eigenvalue weighted by Crippen LogP contribution is -2.33. The Morgan fingerprint density at radius 3 is 2.17 bits per heavy atom. The predicted molar refractivity (Wildman–Crippen MR) is 115 cm³/mol. The zero-order valence-corrected chi connectivity index (χ0v) is 18.5. The summed E-state index contributed by atoms with van der Waals surface area (Å²) < 4.78 is 38.1. The van der Waals surface area contributed by atoms with Crippen LogP contribution in [0.2, 0.25) is 0 Å². The zero-order chi connectivity index (χ0) is 22.0. The molecular formula is C22H29NO6S. The highest BCUT2D eigenvalue weighted by Crippen LogP contribution is 2.18. The molecule has 0 aliphatic rings. The summed E-state index contributed by atoms with van der Waals surface area (Å²) >= 11 is 0. The second-order valence-corrected chi connectivity index (χ2v) is 8.45. The third kappa shape index (κ3) is 8.04. The van der Waals surface area contributed by atoms with Gasteiger partial charge in [0.15, 0.2) is 0 Å². The number of carbonyl (C=O) groups excluding carboxylic acids is 1. The van der Waals surface area contributed by atoms with Crippen molar-refractivity contribution in [3.8, 4) is 11.5 Å². The van der Waals surface area contributed by atoms with Gasteiger partial charge in [-0.05, 0) is 48.4 Å². The number of hydrogen-bond donors (Lipinski definition) is 0. The smallest absolute Gasteiger partial charge is 0.306 e. The van der Waals surface area contributed by atoms with Crippen molar-refractivity contribution >= 4 is 16.0 Å². The van der Waals surface area contributed by atoms with Gasteiger partial charge in [0.2, 0.25) is 0 Å². The van der Waals surface area contributed by atoms with Gasteiger partial charge in [0.25, 0.3) is 5.91 Å². The molecule has 164 valence electrons. The van der Waals surface area contributed by atoms with E-state index in [9.17, 15) is 13.2 Å². The summed E-state index contributed by atoms with van der Waals surface area (Å²) in [5.74, 6) is 0.850. The second kappa shape index (κ2) is 11.6. The number of hydrogen-bond acceptors (Lipinski definition) is 6. The fraction of sp³-hybridized carbons (Fsp3) is 0.409. The van der Waals surface area contributed by atoms with Crippen LogP contribution in [0.15, 0.2) is 48.5 Å². The summed E-state index contributed by atoms with van der Waals surface area (Å²) in [5, 5.41) is 0. The number of benzene rings is 2. The van der Waals surface area contributed by atoms with Crippen LogP contribution in [0.25, 0.3) is 0 Å². The van der Waals surface area contributed by atoms with Gasteiger partial charge in [0.05, 0.1) is 19.5 Å². The minimum absolute atomic E-state index is 0.122. The number of methoxy groups -OCH3 is 1. The van der Waals surface area contributed by atoms with Crippen LogP contribution < -0.4 is 8.92 Å². The molecule has 7 nitrogen and oxygen atoms in total. The Morgan fingerprint density at radius 1 is 0.967 bits per heavy atom. The van der Waals surface area contributed by atoms with E-state index in [1.165, 1.54) is 0 Å². The molecule has 2 aromatic rings. The Hall–Kier alpha value is -2.58. The fourth-order valence-electron chi connectivity index (χ4n) is 2.71. The molecule has 0 aromatic heterocycles. The van der Waals surface area contributed by atoms with Crippen molar-refractivity contribution in [1.29, 1.82) is 0 Å². The van der Waals surface area contributed by atoms with Crippen molar-refractivity contribution in [3.05, 3.63) is 59.7 Å². The third-order valence-electron chi connectivity index (χ3n) is 4.26. The van der Waals surface area contributed by atoms with Gasteiger partial charge in [0, 0.05) is 25.8 Å². The molecule has 30 heavy (non-hydrogen) atoms. The summed E-state index contributed by atoms with van der Waals surface area (Å²) in [7, 11) is -1.99. The molecule has 0 N–H and O–H groups in total. The zero-order valence-electron chi connectivity index (χ0n) is 17.7. The van der Waals surface area contributed by atoms with E-state index < -0.39 is 10.1 Å². The van der Waals surface area contributed by atoms with Crippen LogP contribution in [0, 0.1) is 0 Å². The maximum atomic E-state index is 13.0. The highest BCUT2D eigenvalue weighted by molar-refractivity contribution is 7.86. The van der Waals surface area contributed by atoms with E-state index in [1.54, 1.807) is 60.5 Å². The number of unbranched alkanes of at least 4 members (excludes halogenated alkanes) is 1. The highest BCUT2D eigenvalue weighted by atomic mass is 32.2. The van der Waals surface area contributed by atoms with Gasteiger partial charge in [-0.25, -0.2) is 0 Å². The highest BCUT2D eigenvalue weighted by Gasteiger charge is 2.16. The number of rotatable bonds is 12. The summed E-state index contributed by atoms with van der Waals surface area (Å²) in [4.78, 5) is 14.7. The maximum absolute atomic E-state index is 13.0. The lowest BCUT2D eigenvalue weighted by Gasteiger charge is -2.23. The topological polar surface area (TPSA) is 82.1 Å². The van der Waals surface area contributed by atoms with E-state index in [-0.39, 0.29) is 11.7 Å². The molecule has 0 bridgehead atoms. The van der Waals surface area contributed by atoms with Crippen LogP contribution in [0.4, 0.5) is 0 Å². The summed E-state index contributed by atoms with van der Waals surface area (Å²) in [5.41, 5.74) is 1.41. The first-order chi connectivity index (χ1) is 14.3. The molecule has 0 aliphatic carbocycles. The second-order valence-electron chi connectivity index (χ2n) is 6.88. The minimum atomic E-state index is -3.58. The van der Waals surface area contributed by atoms with Gasteiger partial charge in [0.1, 0.15) is 11.5 Å². The summed E-state index contributed by atoms with van der Waals surface area (Å²) in [6.07, 6.45) is 3.04. The number of amides is 1. The van der Waals surface area contributed by atoms with Crippen molar-refractivity contribution in [1.82, 2.24) is 4.90 Å². The van der Waals surface area contributed by atoms with Crippen molar-refractivity contribution < 1.29 is 26.9 Å². The summed E-state index contributed by atoms with van der Waals surface area (Å²) in [6, 6.07) is 13.7. The lowest BCUT2D eigenvalue weighted by molar-refractivity contribution is 0.0680. The van der Waals surface area contributed by atoms with E-state index in [0.29, 0.717) is 31.9 Å². The first kappa shape index (κ1) is 23.7. The molecule has 2 rings (SSSR count). The largest absolute Gasteiger partial charge is 0.494 e. The van der Waals surface area contributed by atoms with Gasteiger partial charge in [-0.3, -0.25) is 4.79 Å². The molecule has 0 aliphatic heterocycles. The quantitative estimate of drug-likeness (QED) is 0.375. The Morgan fingerprint density at radius 2 is 1.60 bits per heavy atom. The number of ether oxygens (including phenoxy) is 2. The number of nitrogens with zero attached hydrogens (tertiary/aromatic N) is 1. The lowest BCUT2D eigenvalue weighted by atomic mass is 10.1. The standard InChI is InChI=1S/C22H29NO6S/c1-4-5-15-28-20-12-8-19(9-13-20)22(24)23(14-16-27-2)17-18-6-10-21(11-7-18)29-30(3,25)26/h6-13H,4-5,14-17H2,1-3H3. The molecular weight excluding hydrogens is 406 g/mol. The van der Waals surface area contributed by atoms with Crippen LogP contribution in [-0.2, 0) is 21.4 Å². The van der Waals surface area contributed by atoms with E-state index in [0.717, 1.165) is 30.4 Å². The van der Waals surface area contributed by atoms with Crippen LogP contribution in [0.3, 0.4) is 0 Å². The predicted octanol–water partition coefficient (Wildman–Crippen LogP) is 3.49. The average molecular weight is 436 g/mol.